The summed E-state index contributed by atoms with van der Waals surface area (Å²) in [6.45, 7) is 3.33. The fourth-order valence-corrected chi connectivity index (χ4v) is 0. The Bertz CT molecular complexity index is 42.2. The largest absolute Gasteiger partial charge is 0.0889 e. The lowest BCUT2D eigenvalue weighted by molar-refractivity contribution is 1.76. The Balaban J connectivity index is 2.85. The van der Waals surface area contributed by atoms with Crippen LogP contribution in [-0.4, -0.2) is 5.75 Å². The molecule has 0 aromatic heterocycles. The molecule has 0 aliphatic carbocycles. The fraction of sp³-hybridized carbons (Fsp3) is 0.333. The second-order valence-corrected chi connectivity index (χ2v) is 1.48. The van der Waals surface area contributed by atoms with E-state index in [-0.39, 0.29) is 0 Å². The van der Waals surface area contributed by atoms with Gasteiger partial charge in [0.2, 0.25) is 0 Å². The molecule has 0 aliphatic rings. The maximum absolute atomic E-state index is 5.16. The maximum Gasteiger partial charge on any atom is 0.0390 e. The van der Waals surface area contributed by atoms with E-state index in [1.165, 1.54) is 0 Å². The van der Waals surface area contributed by atoms with Gasteiger partial charge in [0.1, 0.15) is 0 Å². The zero-order valence-corrected chi connectivity index (χ0v) is 4.27. The molecule has 0 fully saturated rings. The normalized spacial score (nSPS) is 7.60. The van der Waals surface area contributed by atoms with Crippen LogP contribution in [0.25, 0.3) is 0 Å². The van der Waals surface area contributed by atoms with Gasteiger partial charge in [-0.25, -0.2) is 0 Å². The summed E-state index contributed by atoms with van der Waals surface area (Å²) in [6, 6.07) is 0. The van der Waals surface area contributed by atoms with Crippen molar-refractivity contribution in [2.24, 2.45) is 0 Å². The van der Waals surface area contributed by atoms with Gasteiger partial charge in [0, 0.05) is 10.8 Å². The summed E-state index contributed by atoms with van der Waals surface area (Å²) in [5.74, 6) is 0.460. The Kier molecular flexibility index (Phi) is 2.81. The Hall–Kier alpha value is 0.380. The Morgan fingerprint density at radius 1 is 2.00 bits per heavy atom. The Labute approximate surface area is 42.2 Å². The molecule has 5 heavy (non-hydrogen) atoms. The van der Waals surface area contributed by atoms with Crippen molar-refractivity contribution in [3.63, 3.8) is 0 Å². The monoisotopic (exact) mass is 107 g/mol. The molecule has 0 saturated heterocycles. The molecule has 0 aromatic rings. The summed E-state index contributed by atoms with van der Waals surface area (Å²) in [6.07, 6.45) is 0. The molecule has 1 radical (unpaired) electrons. The van der Waals surface area contributed by atoms with Crippen molar-refractivity contribution in [2.45, 2.75) is 0 Å². The Morgan fingerprint density at radius 3 is 2.20 bits per heavy atom. The third-order valence-electron chi connectivity index (χ3n) is 0.157. The van der Waals surface area contributed by atoms with E-state index in [1.807, 2.05) is 0 Å². The van der Waals surface area contributed by atoms with Crippen molar-refractivity contribution in [2.75, 3.05) is 5.75 Å². The van der Waals surface area contributed by atoms with E-state index >= 15 is 0 Å². The summed E-state index contributed by atoms with van der Waals surface area (Å²) < 4.78 is 0. The van der Waals surface area contributed by atoms with Gasteiger partial charge in [-0.3, -0.25) is 0 Å². The van der Waals surface area contributed by atoms with Crippen LogP contribution in [0.3, 0.4) is 0 Å². The molecule has 0 spiro atoms. The molecular weight excluding hydrogens is 104 g/mol. The number of hydrogen-bond acceptors (Lipinski definition) is 0. The number of halogens is 1. The minimum atomic E-state index is 0.460. The molecule has 2 heteroatoms. The molecule has 0 aromatic carbocycles. The van der Waals surface area contributed by atoms with Crippen molar-refractivity contribution in [1.82, 2.24) is 0 Å². The Morgan fingerprint density at radius 2 is 2.20 bits per heavy atom. The first-order chi connectivity index (χ1) is 2.27. The predicted octanol–water partition coefficient (Wildman–Crippen LogP) is 1.94. The highest BCUT2D eigenvalue weighted by Crippen LogP contribution is 1.95. The molecule has 0 bridgehead atoms. The molecule has 0 rings (SSSR count). The molecule has 0 nitrogen and oxygen atoms in total. The molecule has 0 saturated carbocycles. The molecule has 0 N–H and O–H groups in total. The van der Waals surface area contributed by atoms with Gasteiger partial charge in [0.15, 0.2) is 0 Å². The van der Waals surface area contributed by atoms with Gasteiger partial charge >= 0.3 is 0 Å². The van der Waals surface area contributed by atoms with Gasteiger partial charge in [-0.1, -0.05) is 30.8 Å². The molecule has 0 amide bonds. The topological polar surface area (TPSA) is 0 Å². The van der Waals surface area contributed by atoms with E-state index in [1.54, 1.807) is 0 Å². The van der Waals surface area contributed by atoms with Crippen LogP contribution in [0.2, 0.25) is 0 Å². The van der Waals surface area contributed by atoms with E-state index < -0.39 is 0 Å². The van der Waals surface area contributed by atoms with Crippen LogP contribution >= 0.6 is 24.2 Å². The smallest absolute Gasteiger partial charge is 0.0390 e. The van der Waals surface area contributed by atoms with E-state index in [0.717, 1.165) is 0 Å². The number of hydrogen-bond donors (Lipinski definition) is 0. The van der Waals surface area contributed by atoms with E-state index in [4.69, 9.17) is 11.6 Å². The highest BCUT2D eigenvalue weighted by molar-refractivity contribution is 7.80. The molecule has 0 unspecified atom stereocenters. The molecular formula is C3H4ClS. The van der Waals surface area contributed by atoms with Crippen LogP contribution in [0.5, 0.6) is 0 Å². The van der Waals surface area contributed by atoms with Gasteiger partial charge in [-0.2, -0.15) is 0 Å². The van der Waals surface area contributed by atoms with Crippen LogP contribution in [0.1, 0.15) is 0 Å². The second-order valence-electron chi connectivity index (χ2n) is 0.662. The summed E-state index contributed by atoms with van der Waals surface area (Å²) in [5, 5.41) is 0.542. The van der Waals surface area contributed by atoms with E-state index in [0.29, 0.717) is 10.8 Å². The summed E-state index contributed by atoms with van der Waals surface area (Å²) in [7, 11) is 0. The lowest BCUT2D eigenvalue weighted by Crippen LogP contribution is -1.61. The highest BCUT2D eigenvalue weighted by atomic mass is 35.5. The highest BCUT2D eigenvalue weighted by Gasteiger charge is 1.73. The van der Waals surface area contributed by atoms with Crippen molar-refractivity contribution in [3.8, 4) is 0 Å². The van der Waals surface area contributed by atoms with Crippen LogP contribution in [0.4, 0.5) is 0 Å². The third kappa shape index (κ3) is 4.38. The SMILES string of the molecule is C=C(Cl)C[S]. The van der Waals surface area contributed by atoms with E-state index in [9.17, 15) is 0 Å². The summed E-state index contributed by atoms with van der Waals surface area (Å²) >= 11 is 9.61. The second kappa shape index (κ2) is 2.61. The average molecular weight is 108 g/mol. The maximum atomic E-state index is 5.16. The molecule has 0 aliphatic heterocycles. The molecule has 0 heterocycles. The fourth-order valence-electron chi connectivity index (χ4n) is 0. The van der Waals surface area contributed by atoms with Gasteiger partial charge in [-0.05, 0) is 0 Å². The quantitative estimate of drug-likeness (QED) is 0.481. The summed E-state index contributed by atoms with van der Waals surface area (Å²) in [4.78, 5) is 0. The van der Waals surface area contributed by atoms with Crippen molar-refractivity contribution < 1.29 is 0 Å². The first-order valence-electron chi connectivity index (χ1n) is 1.18. The van der Waals surface area contributed by atoms with Gasteiger partial charge in [-0.15, -0.1) is 0 Å². The standard InChI is InChI=1S/C3H4ClS/c1-3(4)2-5/h1-2H2. The first kappa shape index (κ1) is 5.38. The van der Waals surface area contributed by atoms with Crippen LogP contribution in [-0.2, 0) is 0 Å². The summed E-state index contributed by atoms with van der Waals surface area (Å²) in [5.41, 5.74) is 0. The van der Waals surface area contributed by atoms with Gasteiger partial charge in [0.05, 0.1) is 0 Å². The predicted molar refractivity (Wildman–Crippen MR) is 27.5 cm³/mol. The van der Waals surface area contributed by atoms with Crippen LogP contribution < -0.4 is 0 Å². The lowest BCUT2D eigenvalue weighted by Gasteiger charge is -1.74. The van der Waals surface area contributed by atoms with Gasteiger partial charge < -0.3 is 0 Å². The molecule has 29 valence electrons. The minimum Gasteiger partial charge on any atom is -0.0889 e. The lowest BCUT2D eigenvalue weighted by atomic mass is 10.8. The third-order valence-corrected chi connectivity index (χ3v) is 0.797. The van der Waals surface area contributed by atoms with Crippen LogP contribution in [0.15, 0.2) is 11.6 Å². The zero-order valence-electron chi connectivity index (χ0n) is 2.70. The zero-order chi connectivity index (χ0) is 4.28. The van der Waals surface area contributed by atoms with E-state index in [2.05, 4.69) is 19.2 Å². The molecule has 0 atom stereocenters. The van der Waals surface area contributed by atoms with Gasteiger partial charge in [0.25, 0.3) is 0 Å². The van der Waals surface area contributed by atoms with Crippen molar-refractivity contribution >= 4 is 24.2 Å². The first-order valence-corrected chi connectivity index (χ1v) is 2.14. The van der Waals surface area contributed by atoms with Crippen molar-refractivity contribution in [3.05, 3.63) is 11.6 Å². The van der Waals surface area contributed by atoms with Crippen molar-refractivity contribution in [1.29, 1.82) is 0 Å². The number of rotatable bonds is 1. The minimum absolute atomic E-state index is 0.460. The average Bonchev–Trinajstić information content (AvgIpc) is 1.38. The van der Waals surface area contributed by atoms with Crippen LogP contribution in [0, 0.1) is 0 Å².